The van der Waals surface area contributed by atoms with E-state index < -0.39 is 30.5 Å². The van der Waals surface area contributed by atoms with Crippen LogP contribution in [0.1, 0.15) is 5.56 Å². The molecule has 22 heavy (non-hydrogen) atoms. The number of aliphatic hydroxyl groups excluding tert-OH is 1. The number of morpholine rings is 1. The lowest BCUT2D eigenvalue weighted by atomic mass is 10.1. The Balaban J connectivity index is 1.84. The van der Waals surface area contributed by atoms with Gasteiger partial charge in [0.2, 0.25) is 0 Å². The summed E-state index contributed by atoms with van der Waals surface area (Å²) in [5, 5.41) is 9.59. The van der Waals surface area contributed by atoms with Crippen LogP contribution in [0.5, 0.6) is 0 Å². The van der Waals surface area contributed by atoms with Crippen molar-refractivity contribution in [3.8, 4) is 0 Å². The maximum Gasteiger partial charge on any atom is 0.338 e. The van der Waals surface area contributed by atoms with Gasteiger partial charge in [0.15, 0.2) is 18.5 Å². The topological polar surface area (TPSA) is 85.3 Å². The number of hydrogen-bond acceptors (Lipinski definition) is 6. The summed E-state index contributed by atoms with van der Waals surface area (Å²) in [5.41, 5.74) is 0.921. The summed E-state index contributed by atoms with van der Waals surface area (Å²) in [5.74, 6) is -1.04. The highest BCUT2D eigenvalue weighted by atomic mass is 16.7. The van der Waals surface area contributed by atoms with Crippen molar-refractivity contribution in [3.05, 3.63) is 35.9 Å². The fourth-order valence-electron chi connectivity index (χ4n) is 2.76. The van der Waals surface area contributed by atoms with Crippen LogP contribution in [0.3, 0.4) is 0 Å². The minimum absolute atomic E-state index is 0.316. The van der Waals surface area contributed by atoms with E-state index in [4.69, 9.17) is 9.47 Å². The van der Waals surface area contributed by atoms with Crippen LogP contribution < -0.4 is 0 Å². The van der Waals surface area contributed by atoms with E-state index in [0.29, 0.717) is 6.54 Å². The van der Waals surface area contributed by atoms with Gasteiger partial charge in [-0.15, -0.1) is 0 Å². The smallest absolute Gasteiger partial charge is 0.338 e. The number of rotatable bonds is 4. The third-order valence-electron chi connectivity index (χ3n) is 3.89. The van der Waals surface area contributed by atoms with E-state index in [1.807, 2.05) is 30.3 Å². The number of nitrogens with zero attached hydrogens (tertiary/aromatic N) is 1. The van der Waals surface area contributed by atoms with Crippen LogP contribution in [0.15, 0.2) is 30.3 Å². The van der Waals surface area contributed by atoms with Gasteiger partial charge in [0.05, 0.1) is 13.7 Å². The average molecular weight is 307 g/mol. The number of fused-ring (bicyclic) bond motifs is 2. The summed E-state index contributed by atoms with van der Waals surface area (Å²) in [4.78, 5) is 25.8. The second-order valence-electron chi connectivity index (χ2n) is 5.21. The molecule has 118 valence electrons. The highest BCUT2D eigenvalue weighted by Gasteiger charge is 2.55. The number of methoxy groups -OCH3 is 1. The molecule has 2 saturated heterocycles. The maximum absolute atomic E-state index is 12.6. The van der Waals surface area contributed by atoms with E-state index in [1.54, 1.807) is 0 Å². The number of carbonyl (C=O) groups excluding carboxylic acids is 2. The van der Waals surface area contributed by atoms with Crippen molar-refractivity contribution in [2.24, 2.45) is 0 Å². The Kier molecular flexibility index (Phi) is 4.10. The van der Waals surface area contributed by atoms with E-state index in [0.717, 1.165) is 5.56 Å². The Morgan fingerprint density at radius 3 is 2.68 bits per heavy atom. The van der Waals surface area contributed by atoms with Gasteiger partial charge in [-0.05, 0) is 5.56 Å². The van der Waals surface area contributed by atoms with Gasteiger partial charge in [-0.3, -0.25) is 4.79 Å². The number of aliphatic hydroxyl groups is 1. The molecule has 0 radical (unpaired) electrons. The van der Waals surface area contributed by atoms with Gasteiger partial charge >= 0.3 is 5.97 Å². The fraction of sp³-hybridized carbons (Fsp3) is 0.467. The molecule has 7 nitrogen and oxygen atoms in total. The van der Waals surface area contributed by atoms with Gasteiger partial charge in [0.25, 0.3) is 5.91 Å². The van der Waals surface area contributed by atoms with Crippen LogP contribution in [0, 0.1) is 0 Å². The predicted molar refractivity (Wildman–Crippen MR) is 73.4 cm³/mol. The third-order valence-corrected chi connectivity index (χ3v) is 3.89. The first-order valence-electron chi connectivity index (χ1n) is 6.99. The summed E-state index contributed by atoms with van der Waals surface area (Å²) >= 11 is 0. The minimum Gasteiger partial charge on any atom is -0.467 e. The molecule has 2 fully saturated rings. The van der Waals surface area contributed by atoms with E-state index in [-0.39, 0.29) is 12.5 Å². The molecule has 3 rings (SSSR count). The molecule has 2 heterocycles. The second kappa shape index (κ2) is 6.04. The normalized spacial score (nSPS) is 30.5. The number of carbonyl (C=O) groups is 2. The van der Waals surface area contributed by atoms with Crippen LogP contribution in [0.4, 0.5) is 0 Å². The molecule has 1 aromatic carbocycles. The summed E-state index contributed by atoms with van der Waals surface area (Å²) in [6.45, 7) is 0.00235. The molecule has 1 aromatic rings. The Morgan fingerprint density at radius 1 is 1.32 bits per heavy atom. The highest BCUT2D eigenvalue weighted by Crippen LogP contribution is 2.32. The van der Waals surface area contributed by atoms with Crippen molar-refractivity contribution >= 4 is 11.9 Å². The van der Waals surface area contributed by atoms with Crippen LogP contribution in [0.25, 0.3) is 0 Å². The van der Waals surface area contributed by atoms with Gasteiger partial charge in [-0.1, -0.05) is 30.3 Å². The molecule has 4 atom stereocenters. The number of amides is 1. The molecule has 2 aliphatic heterocycles. The summed E-state index contributed by atoms with van der Waals surface area (Å²) < 4.78 is 15.5. The van der Waals surface area contributed by atoms with E-state index in [1.165, 1.54) is 12.0 Å². The van der Waals surface area contributed by atoms with Crippen molar-refractivity contribution < 1.29 is 28.9 Å². The zero-order valence-corrected chi connectivity index (χ0v) is 12.0. The van der Waals surface area contributed by atoms with Crippen LogP contribution in [0.2, 0.25) is 0 Å². The number of hydrogen-bond donors (Lipinski definition) is 1. The third kappa shape index (κ3) is 2.47. The van der Waals surface area contributed by atoms with Gasteiger partial charge in [0.1, 0.15) is 6.04 Å². The van der Waals surface area contributed by atoms with E-state index in [9.17, 15) is 14.7 Å². The summed E-state index contributed by atoms with van der Waals surface area (Å²) in [7, 11) is 1.23. The first-order valence-corrected chi connectivity index (χ1v) is 6.99. The molecule has 0 aromatic heterocycles. The number of ether oxygens (including phenoxy) is 3. The Hall–Kier alpha value is -1.96. The Morgan fingerprint density at radius 2 is 2.05 bits per heavy atom. The first-order chi connectivity index (χ1) is 10.7. The molecule has 1 N–H and O–H groups in total. The second-order valence-corrected chi connectivity index (χ2v) is 5.21. The summed E-state index contributed by atoms with van der Waals surface area (Å²) in [6.07, 6.45) is -2.94. The quantitative estimate of drug-likeness (QED) is 0.767. The standard InChI is InChI=1S/C15H17NO6/c1-20-14(19)12-11-13(18)16(7-9-5-3-2-4-6-9)10(8-17)15(21-11)22-12/h2-6,10-12,15,17H,7-8H2,1H3/t10-,11-,12-,15+/m1/s1. The van der Waals surface area contributed by atoms with Crippen LogP contribution in [-0.2, 0) is 30.3 Å². The molecule has 1 amide bonds. The molecule has 0 saturated carbocycles. The molecule has 0 aliphatic carbocycles. The lowest BCUT2D eigenvalue weighted by Gasteiger charge is -2.37. The molecular formula is C15H17NO6. The Labute approximate surface area is 127 Å². The summed E-state index contributed by atoms with van der Waals surface area (Å²) in [6, 6.07) is 8.75. The predicted octanol–water partition coefficient (Wildman–Crippen LogP) is -0.327. The van der Waals surface area contributed by atoms with Crippen LogP contribution >= 0.6 is 0 Å². The van der Waals surface area contributed by atoms with Gasteiger partial charge in [-0.2, -0.15) is 0 Å². The number of esters is 1. The van der Waals surface area contributed by atoms with Crippen molar-refractivity contribution in [1.29, 1.82) is 0 Å². The monoisotopic (exact) mass is 307 g/mol. The van der Waals surface area contributed by atoms with Crippen molar-refractivity contribution in [2.45, 2.75) is 31.1 Å². The zero-order chi connectivity index (χ0) is 15.7. The largest absolute Gasteiger partial charge is 0.467 e. The molecule has 0 unspecified atom stereocenters. The first kappa shape index (κ1) is 15.0. The average Bonchev–Trinajstić information content (AvgIpc) is 2.95. The van der Waals surface area contributed by atoms with Gasteiger partial charge in [-0.25, -0.2) is 4.79 Å². The molecule has 2 aliphatic rings. The SMILES string of the molecule is COC(=O)[C@@H]1O[C@@H]2O[C@H]1C(=O)N(Cc1ccccc1)[C@@H]2CO. The minimum atomic E-state index is -1.09. The van der Waals surface area contributed by atoms with Crippen LogP contribution in [-0.4, -0.2) is 60.1 Å². The highest BCUT2D eigenvalue weighted by molar-refractivity contribution is 5.90. The molecule has 2 bridgehead atoms. The zero-order valence-electron chi connectivity index (χ0n) is 12.0. The van der Waals surface area contributed by atoms with Crippen molar-refractivity contribution in [2.75, 3.05) is 13.7 Å². The Bertz CT molecular complexity index is 562. The van der Waals surface area contributed by atoms with Gasteiger partial charge in [0, 0.05) is 6.54 Å². The van der Waals surface area contributed by atoms with Gasteiger partial charge < -0.3 is 24.2 Å². The lowest BCUT2D eigenvalue weighted by molar-refractivity contribution is -0.182. The molecular weight excluding hydrogens is 290 g/mol. The van der Waals surface area contributed by atoms with Crippen molar-refractivity contribution in [1.82, 2.24) is 4.90 Å². The fourth-order valence-corrected chi connectivity index (χ4v) is 2.76. The van der Waals surface area contributed by atoms with E-state index >= 15 is 0 Å². The van der Waals surface area contributed by atoms with E-state index in [2.05, 4.69) is 4.74 Å². The molecule has 7 heteroatoms. The lowest BCUT2D eigenvalue weighted by Crippen LogP contribution is -2.56. The maximum atomic E-state index is 12.6. The van der Waals surface area contributed by atoms with Crippen molar-refractivity contribution in [3.63, 3.8) is 0 Å². The number of benzene rings is 1. The molecule has 0 spiro atoms.